The molecule has 2 saturated heterocycles. The minimum absolute atomic E-state index is 0.0958. The summed E-state index contributed by atoms with van der Waals surface area (Å²) in [6, 6.07) is 4.96. The number of nitrogens with zero attached hydrogens (tertiary/aromatic N) is 4. The molecule has 2 N–H and O–H groups in total. The van der Waals surface area contributed by atoms with Gasteiger partial charge in [0.15, 0.2) is 5.69 Å². The Hall–Kier alpha value is -3.36. The number of rotatable bonds is 2. The number of aromatic hydroxyl groups is 1. The van der Waals surface area contributed by atoms with Crippen LogP contribution in [0.5, 0.6) is 5.75 Å². The Labute approximate surface area is 179 Å². The average molecular weight is 423 g/mol. The predicted octanol–water partition coefficient (Wildman–Crippen LogP) is 1.08. The fourth-order valence-electron chi connectivity index (χ4n) is 4.79. The molecule has 3 aliphatic rings. The molecule has 0 bridgehead atoms. The van der Waals surface area contributed by atoms with Gasteiger partial charge in [-0.1, -0.05) is 0 Å². The molecule has 2 aromatic rings. The van der Waals surface area contributed by atoms with Crippen molar-refractivity contribution in [3.05, 3.63) is 46.3 Å². The van der Waals surface area contributed by atoms with Crippen molar-refractivity contribution in [1.82, 2.24) is 24.9 Å². The number of carbonyl (C=O) groups excluding carboxylic acids is 3. The number of carbonyl (C=O) groups is 3. The van der Waals surface area contributed by atoms with Gasteiger partial charge in [0.25, 0.3) is 17.7 Å². The van der Waals surface area contributed by atoms with Crippen LogP contribution in [0.4, 0.5) is 0 Å². The number of aromatic nitrogens is 2. The SMILES string of the molecule is Cc1cc(C(=O)N2CC3(CCN3C(=O)c3cc4n(n3)CCCNC4=O)C2)cc(C)c1O. The first-order valence-corrected chi connectivity index (χ1v) is 10.6. The van der Waals surface area contributed by atoms with Gasteiger partial charge in [0, 0.05) is 44.4 Å². The molecule has 162 valence electrons. The van der Waals surface area contributed by atoms with Crippen LogP contribution < -0.4 is 5.32 Å². The zero-order chi connectivity index (χ0) is 21.9. The molecule has 1 aromatic heterocycles. The van der Waals surface area contributed by atoms with Crippen LogP contribution in [0.3, 0.4) is 0 Å². The summed E-state index contributed by atoms with van der Waals surface area (Å²) >= 11 is 0. The highest BCUT2D eigenvalue weighted by atomic mass is 16.3. The van der Waals surface area contributed by atoms with E-state index in [1.807, 2.05) is 0 Å². The number of aryl methyl sites for hydroxylation is 3. The Morgan fingerprint density at radius 3 is 2.45 bits per heavy atom. The first-order chi connectivity index (χ1) is 14.8. The number of nitrogens with one attached hydrogen (secondary N) is 1. The second kappa shape index (κ2) is 6.83. The van der Waals surface area contributed by atoms with Crippen LogP contribution in [0, 0.1) is 13.8 Å². The Kier molecular flexibility index (Phi) is 4.32. The van der Waals surface area contributed by atoms with E-state index in [0.29, 0.717) is 55.1 Å². The number of hydrogen-bond acceptors (Lipinski definition) is 5. The third-order valence-electron chi connectivity index (χ3n) is 6.68. The van der Waals surface area contributed by atoms with Crippen LogP contribution in [-0.4, -0.2) is 74.1 Å². The summed E-state index contributed by atoms with van der Waals surface area (Å²) in [6.07, 6.45) is 1.61. The Morgan fingerprint density at radius 2 is 1.81 bits per heavy atom. The maximum atomic E-state index is 13.1. The summed E-state index contributed by atoms with van der Waals surface area (Å²) in [7, 11) is 0. The molecule has 0 saturated carbocycles. The normalized spacial score (nSPS) is 19.2. The zero-order valence-corrected chi connectivity index (χ0v) is 17.6. The monoisotopic (exact) mass is 423 g/mol. The number of phenols is 1. The van der Waals surface area contributed by atoms with Crippen molar-refractivity contribution in [3.63, 3.8) is 0 Å². The number of likely N-dealkylation sites (tertiary alicyclic amines) is 2. The summed E-state index contributed by atoms with van der Waals surface area (Å²) in [5.41, 5.74) is 2.23. The first-order valence-electron chi connectivity index (χ1n) is 10.6. The van der Waals surface area contributed by atoms with Gasteiger partial charge >= 0.3 is 0 Å². The topological polar surface area (TPSA) is 108 Å². The maximum absolute atomic E-state index is 13.1. The fraction of sp³-hybridized carbons (Fsp3) is 0.455. The van der Waals surface area contributed by atoms with E-state index >= 15 is 0 Å². The largest absolute Gasteiger partial charge is 0.507 e. The summed E-state index contributed by atoms with van der Waals surface area (Å²) in [4.78, 5) is 41.7. The van der Waals surface area contributed by atoms with E-state index < -0.39 is 0 Å². The van der Waals surface area contributed by atoms with Crippen LogP contribution in [-0.2, 0) is 6.54 Å². The van der Waals surface area contributed by atoms with E-state index in [4.69, 9.17) is 0 Å². The van der Waals surface area contributed by atoms with Crippen molar-refractivity contribution in [2.75, 3.05) is 26.2 Å². The van der Waals surface area contributed by atoms with Crippen molar-refractivity contribution < 1.29 is 19.5 Å². The number of amides is 3. The fourth-order valence-corrected chi connectivity index (χ4v) is 4.79. The van der Waals surface area contributed by atoms with Crippen molar-refractivity contribution in [3.8, 4) is 5.75 Å². The van der Waals surface area contributed by atoms with Crippen LogP contribution in [0.15, 0.2) is 18.2 Å². The second-order valence-corrected chi connectivity index (χ2v) is 8.80. The van der Waals surface area contributed by atoms with Gasteiger partial charge in [0.1, 0.15) is 11.4 Å². The minimum atomic E-state index is -0.350. The van der Waals surface area contributed by atoms with Gasteiger partial charge in [0.2, 0.25) is 0 Å². The summed E-state index contributed by atoms with van der Waals surface area (Å²) < 4.78 is 1.61. The van der Waals surface area contributed by atoms with E-state index in [-0.39, 0.29) is 34.7 Å². The molecule has 1 spiro atoms. The molecule has 4 heterocycles. The molecule has 0 unspecified atom stereocenters. The van der Waals surface area contributed by atoms with Crippen LogP contribution in [0.2, 0.25) is 0 Å². The highest BCUT2D eigenvalue weighted by Crippen LogP contribution is 2.41. The molecule has 3 aliphatic heterocycles. The highest BCUT2D eigenvalue weighted by molar-refractivity contribution is 5.99. The van der Waals surface area contributed by atoms with E-state index in [9.17, 15) is 19.5 Å². The van der Waals surface area contributed by atoms with E-state index in [2.05, 4.69) is 10.4 Å². The summed E-state index contributed by atoms with van der Waals surface area (Å²) in [5, 5.41) is 17.1. The third kappa shape index (κ3) is 2.98. The van der Waals surface area contributed by atoms with Crippen LogP contribution >= 0.6 is 0 Å². The van der Waals surface area contributed by atoms with Crippen molar-refractivity contribution in [1.29, 1.82) is 0 Å². The highest BCUT2D eigenvalue weighted by Gasteiger charge is 2.57. The van der Waals surface area contributed by atoms with Crippen LogP contribution in [0.1, 0.15) is 55.3 Å². The molecule has 3 amide bonds. The van der Waals surface area contributed by atoms with Gasteiger partial charge < -0.3 is 20.2 Å². The van der Waals surface area contributed by atoms with Gasteiger partial charge in [-0.15, -0.1) is 0 Å². The van der Waals surface area contributed by atoms with E-state index in [0.717, 1.165) is 12.8 Å². The first kappa shape index (κ1) is 19.6. The van der Waals surface area contributed by atoms with Gasteiger partial charge in [-0.3, -0.25) is 19.1 Å². The van der Waals surface area contributed by atoms with Crippen molar-refractivity contribution in [2.45, 2.75) is 38.8 Å². The standard InChI is InChI=1S/C22H25N5O4/c1-13-8-15(9-14(2)18(13)28)20(30)25-11-22(12-25)4-7-26(22)21(31)16-10-17-19(29)23-5-3-6-27(17)24-16/h8-10,28H,3-7,11-12H2,1-2H3,(H,23,29). The van der Waals surface area contributed by atoms with Gasteiger partial charge in [0.05, 0.1) is 5.54 Å². The Balaban J connectivity index is 1.29. The van der Waals surface area contributed by atoms with Crippen molar-refractivity contribution >= 4 is 17.7 Å². The molecular formula is C22H25N5O4. The predicted molar refractivity (Wildman–Crippen MR) is 111 cm³/mol. The third-order valence-corrected chi connectivity index (χ3v) is 6.68. The minimum Gasteiger partial charge on any atom is -0.507 e. The van der Waals surface area contributed by atoms with Crippen molar-refractivity contribution in [2.24, 2.45) is 0 Å². The molecular weight excluding hydrogens is 398 g/mol. The maximum Gasteiger partial charge on any atom is 0.274 e. The Bertz CT molecular complexity index is 1090. The quantitative estimate of drug-likeness (QED) is 0.752. The number of benzene rings is 1. The zero-order valence-electron chi connectivity index (χ0n) is 17.6. The van der Waals surface area contributed by atoms with Crippen LogP contribution in [0.25, 0.3) is 0 Å². The second-order valence-electron chi connectivity index (χ2n) is 8.80. The molecule has 2 fully saturated rings. The average Bonchev–Trinajstić information content (AvgIpc) is 3.04. The lowest BCUT2D eigenvalue weighted by atomic mass is 9.76. The Morgan fingerprint density at radius 1 is 1.10 bits per heavy atom. The number of hydrogen-bond donors (Lipinski definition) is 2. The lowest BCUT2D eigenvalue weighted by Crippen LogP contribution is -2.78. The van der Waals surface area contributed by atoms with E-state index in [1.54, 1.807) is 46.5 Å². The lowest BCUT2D eigenvalue weighted by molar-refractivity contribution is -0.0850. The smallest absolute Gasteiger partial charge is 0.274 e. The molecule has 0 aliphatic carbocycles. The molecule has 5 rings (SSSR count). The molecule has 0 radical (unpaired) electrons. The number of fused-ring (bicyclic) bond motifs is 1. The summed E-state index contributed by atoms with van der Waals surface area (Å²) in [6.45, 7) is 6.32. The lowest BCUT2D eigenvalue weighted by Gasteiger charge is -2.62. The molecule has 0 atom stereocenters. The number of phenolic OH excluding ortho intramolecular Hbond substituents is 1. The summed E-state index contributed by atoms with van der Waals surface area (Å²) in [5.74, 6) is -0.286. The molecule has 9 heteroatoms. The molecule has 1 aromatic carbocycles. The molecule has 31 heavy (non-hydrogen) atoms. The van der Waals surface area contributed by atoms with Gasteiger partial charge in [-0.05, 0) is 49.9 Å². The van der Waals surface area contributed by atoms with E-state index in [1.165, 1.54) is 0 Å². The van der Waals surface area contributed by atoms with Gasteiger partial charge in [-0.25, -0.2) is 0 Å². The van der Waals surface area contributed by atoms with Gasteiger partial charge in [-0.2, -0.15) is 5.10 Å². The molecule has 9 nitrogen and oxygen atoms in total.